The summed E-state index contributed by atoms with van der Waals surface area (Å²) >= 11 is 0. The van der Waals surface area contributed by atoms with Crippen LogP contribution in [0.25, 0.3) is 0 Å². The van der Waals surface area contributed by atoms with Crippen molar-refractivity contribution in [3.63, 3.8) is 0 Å². The Kier molecular flexibility index (Phi) is 9.21. The molecular formula is C28H31FN2O3. The summed E-state index contributed by atoms with van der Waals surface area (Å²) < 4.78 is 18.8. The quantitative estimate of drug-likeness (QED) is 0.453. The van der Waals surface area contributed by atoms with Crippen LogP contribution in [0.4, 0.5) is 4.39 Å². The Morgan fingerprint density at radius 1 is 0.882 bits per heavy atom. The van der Waals surface area contributed by atoms with Crippen molar-refractivity contribution in [3.8, 4) is 5.75 Å². The SMILES string of the molecule is CC(C)CNC(=O)C(Cc1ccccc1)N(Cc1ccccc1)C(=O)COc1ccc(F)cc1. The number of halogens is 1. The molecule has 0 fully saturated rings. The van der Waals surface area contributed by atoms with Crippen LogP contribution >= 0.6 is 0 Å². The number of amides is 2. The summed E-state index contributed by atoms with van der Waals surface area (Å²) in [5.41, 5.74) is 1.87. The number of nitrogens with zero attached hydrogens (tertiary/aromatic N) is 1. The molecule has 0 heterocycles. The van der Waals surface area contributed by atoms with Gasteiger partial charge in [-0.15, -0.1) is 0 Å². The van der Waals surface area contributed by atoms with Crippen molar-refractivity contribution in [1.82, 2.24) is 10.2 Å². The molecule has 0 radical (unpaired) electrons. The van der Waals surface area contributed by atoms with E-state index in [4.69, 9.17) is 4.74 Å². The van der Waals surface area contributed by atoms with Crippen LogP contribution in [0.3, 0.4) is 0 Å². The summed E-state index contributed by atoms with van der Waals surface area (Å²) in [6.45, 7) is 4.57. The molecule has 5 nitrogen and oxygen atoms in total. The summed E-state index contributed by atoms with van der Waals surface area (Å²) in [6.07, 6.45) is 0.375. The summed E-state index contributed by atoms with van der Waals surface area (Å²) in [4.78, 5) is 28.3. The van der Waals surface area contributed by atoms with E-state index in [0.717, 1.165) is 11.1 Å². The zero-order valence-electron chi connectivity index (χ0n) is 19.6. The molecule has 0 saturated carbocycles. The molecule has 0 bridgehead atoms. The van der Waals surface area contributed by atoms with Gasteiger partial charge in [0.1, 0.15) is 17.6 Å². The number of nitrogens with one attached hydrogen (secondary N) is 1. The second-order valence-corrected chi connectivity index (χ2v) is 8.59. The first kappa shape index (κ1) is 25.0. The molecule has 1 unspecified atom stereocenters. The van der Waals surface area contributed by atoms with Gasteiger partial charge in [0.15, 0.2) is 6.61 Å². The third kappa shape index (κ3) is 7.73. The first-order valence-electron chi connectivity index (χ1n) is 11.5. The van der Waals surface area contributed by atoms with E-state index in [2.05, 4.69) is 5.32 Å². The number of benzene rings is 3. The standard InChI is InChI=1S/C28H31FN2O3/c1-21(2)18-30-28(33)26(17-22-9-5-3-6-10-22)31(19-23-11-7-4-8-12-23)27(32)20-34-25-15-13-24(29)14-16-25/h3-16,21,26H,17-20H2,1-2H3,(H,30,33). The number of hydrogen-bond acceptors (Lipinski definition) is 3. The first-order chi connectivity index (χ1) is 16.4. The van der Waals surface area contributed by atoms with Gasteiger partial charge in [-0.3, -0.25) is 9.59 Å². The minimum atomic E-state index is -0.717. The second-order valence-electron chi connectivity index (χ2n) is 8.59. The Bertz CT molecular complexity index is 1040. The lowest BCUT2D eigenvalue weighted by atomic mass is 10.0. The highest BCUT2D eigenvalue weighted by molar-refractivity contribution is 5.88. The van der Waals surface area contributed by atoms with Crippen LogP contribution in [0.2, 0.25) is 0 Å². The van der Waals surface area contributed by atoms with E-state index in [1.807, 2.05) is 74.5 Å². The molecule has 3 rings (SSSR count). The molecule has 0 spiro atoms. The van der Waals surface area contributed by atoms with E-state index in [1.165, 1.54) is 24.3 Å². The highest BCUT2D eigenvalue weighted by Gasteiger charge is 2.30. The highest BCUT2D eigenvalue weighted by Crippen LogP contribution is 2.16. The van der Waals surface area contributed by atoms with Crippen molar-refractivity contribution >= 4 is 11.8 Å². The summed E-state index contributed by atoms with van der Waals surface area (Å²) in [7, 11) is 0. The van der Waals surface area contributed by atoms with Crippen LogP contribution in [-0.2, 0) is 22.6 Å². The van der Waals surface area contributed by atoms with Gasteiger partial charge in [0.2, 0.25) is 5.91 Å². The second kappa shape index (κ2) is 12.5. The Balaban J connectivity index is 1.86. The van der Waals surface area contributed by atoms with Gasteiger partial charge in [0, 0.05) is 19.5 Å². The fourth-order valence-electron chi connectivity index (χ4n) is 3.52. The first-order valence-corrected chi connectivity index (χ1v) is 11.5. The Morgan fingerprint density at radius 3 is 2.06 bits per heavy atom. The van der Waals surface area contributed by atoms with Gasteiger partial charge in [-0.05, 0) is 41.3 Å². The van der Waals surface area contributed by atoms with Crippen molar-refractivity contribution < 1.29 is 18.7 Å². The fraction of sp³-hybridized carbons (Fsp3) is 0.286. The van der Waals surface area contributed by atoms with Gasteiger partial charge in [-0.25, -0.2) is 4.39 Å². The maximum atomic E-state index is 13.4. The third-order valence-corrected chi connectivity index (χ3v) is 5.33. The molecule has 178 valence electrons. The number of carbonyl (C=O) groups excluding carboxylic acids is 2. The van der Waals surface area contributed by atoms with Crippen LogP contribution in [0.15, 0.2) is 84.9 Å². The lowest BCUT2D eigenvalue weighted by Crippen LogP contribution is -2.52. The number of carbonyl (C=O) groups is 2. The molecule has 34 heavy (non-hydrogen) atoms. The zero-order valence-corrected chi connectivity index (χ0v) is 19.6. The average Bonchev–Trinajstić information content (AvgIpc) is 2.85. The topological polar surface area (TPSA) is 58.6 Å². The Morgan fingerprint density at radius 2 is 1.47 bits per heavy atom. The zero-order chi connectivity index (χ0) is 24.3. The van der Waals surface area contributed by atoms with Crippen molar-refractivity contribution in [3.05, 3.63) is 102 Å². The molecule has 0 aromatic heterocycles. The minimum Gasteiger partial charge on any atom is -0.484 e. The Hall–Kier alpha value is -3.67. The smallest absolute Gasteiger partial charge is 0.261 e. The largest absolute Gasteiger partial charge is 0.484 e. The molecule has 0 aliphatic heterocycles. The summed E-state index contributed by atoms with van der Waals surface area (Å²) in [5.74, 6) is -0.244. The lowest BCUT2D eigenvalue weighted by Gasteiger charge is -2.31. The van der Waals surface area contributed by atoms with E-state index in [9.17, 15) is 14.0 Å². The van der Waals surface area contributed by atoms with Crippen LogP contribution in [0.5, 0.6) is 5.75 Å². The molecule has 6 heteroatoms. The van der Waals surface area contributed by atoms with Crippen molar-refractivity contribution in [2.45, 2.75) is 32.9 Å². The van der Waals surface area contributed by atoms with Crippen molar-refractivity contribution in [1.29, 1.82) is 0 Å². The maximum absolute atomic E-state index is 13.4. The van der Waals surface area contributed by atoms with E-state index in [1.54, 1.807) is 4.90 Å². The van der Waals surface area contributed by atoms with Gasteiger partial charge in [-0.2, -0.15) is 0 Å². The third-order valence-electron chi connectivity index (χ3n) is 5.33. The fourth-order valence-corrected chi connectivity index (χ4v) is 3.52. The van der Waals surface area contributed by atoms with Gasteiger partial charge in [0.25, 0.3) is 5.91 Å². The minimum absolute atomic E-state index is 0.205. The van der Waals surface area contributed by atoms with E-state index in [-0.39, 0.29) is 36.7 Å². The highest BCUT2D eigenvalue weighted by atomic mass is 19.1. The van der Waals surface area contributed by atoms with E-state index < -0.39 is 6.04 Å². The molecule has 0 aliphatic carbocycles. The Labute approximate surface area is 200 Å². The predicted octanol–water partition coefficient (Wildman–Crippen LogP) is 4.62. The van der Waals surface area contributed by atoms with Gasteiger partial charge < -0.3 is 15.0 Å². The molecule has 2 amide bonds. The average molecular weight is 463 g/mol. The number of hydrogen-bond donors (Lipinski definition) is 1. The predicted molar refractivity (Wildman–Crippen MR) is 131 cm³/mol. The van der Waals surface area contributed by atoms with Crippen molar-refractivity contribution in [2.75, 3.05) is 13.2 Å². The van der Waals surface area contributed by atoms with Crippen LogP contribution < -0.4 is 10.1 Å². The van der Waals surface area contributed by atoms with Gasteiger partial charge in [0.05, 0.1) is 0 Å². The van der Waals surface area contributed by atoms with Gasteiger partial charge >= 0.3 is 0 Å². The normalized spacial score (nSPS) is 11.6. The lowest BCUT2D eigenvalue weighted by molar-refractivity contribution is -0.142. The summed E-state index contributed by atoms with van der Waals surface area (Å²) in [6, 6.07) is 24.0. The molecule has 1 atom stereocenters. The molecule has 0 saturated heterocycles. The molecule has 3 aromatic carbocycles. The van der Waals surface area contributed by atoms with E-state index in [0.29, 0.717) is 18.7 Å². The van der Waals surface area contributed by atoms with Crippen molar-refractivity contribution in [2.24, 2.45) is 5.92 Å². The summed E-state index contributed by atoms with van der Waals surface area (Å²) in [5, 5.41) is 2.99. The van der Waals surface area contributed by atoms with Crippen LogP contribution in [-0.4, -0.2) is 35.9 Å². The number of ether oxygens (including phenoxy) is 1. The van der Waals surface area contributed by atoms with Gasteiger partial charge in [-0.1, -0.05) is 74.5 Å². The van der Waals surface area contributed by atoms with Crippen LogP contribution in [0.1, 0.15) is 25.0 Å². The van der Waals surface area contributed by atoms with Crippen LogP contribution in [0, 0.1) is 11.7 Å². The molecular weight excluding hydrogens is 431 g/mol. The maximum Gasteiger partial charge on any atom is 0.261 e. The van der Waals surface area contributed by atoms with E-state index >= 15 is 0 Å². The molecule has 3 aromatic rings. The molecule has 0 aliphatic rings. The molecule has 1 N–H and O–H groups in total. The monoisotopic (exact) mass is 462 g/mol. The number of rotatable bonds is 11.